The molecule has 4 aliphatic carbocycles. The van der Waals surface area contributed by atoms with Crippen LogP contribution in [0.15, 0.2) is 48.5 Å². The van der Waals surface area contributed by atoms with Crippen LogP contribution < -0.4 is 15.8 Å². The number of nitrogens with one attached hydrogen (secondary N) is 1. The second-order valence-corrected chi connectivity index (χ2v) is 9.78. The fourth-order valence-corrected chi connectivity index (χ4v) is 7.36. The first-order chi connectivity index (χ1) is 14.1. The number of primary amides is 1. The third-order valence-corrected chi connectivity index (χ3v) is 8.54. The summed E-state index contributed by atoms with van der Waals surface area (Å²) in [5.74, 6) is 3.60. The van der Waals surface area contributed by atoms with E-state index in [1.807, 2.05) is 42.5 Å². The number of hydrogen-bond acceptors (Lipinski definition) is 3. The lowest BCUT2D eigenvalue weighted by Crippen LogP contribution is -2.60. The number of amides is 1. The molecule has 4 heteroatoms. The van der Waals surface area contributed by atoms with Crippen LogP contribution in [0.1, 0.15) is 42.5 Å². The van der Waals surface area contributed by atoms with Gasteiger partial charge in [0.1, 0.15) is 12.4 Å². The lowest BCUT2D eigenvalue weighted by atomic mass is 9.38. The predicted molar refractivity (Wildman–Crippen MR) is 113 cm³/mol. The second kappa shape index (κ2) is 6.09. The summed E-state index contributed by atoms with van der Waals surface area (Å²) >= 11 is 0. The smallest absolute Gasteiger partial charge is 0.248 e. The number of rotatable bonds is 7. The molecule has 1 amide bonds. The van der Waals surface area contributed by atoms with Crippen LogP contribution in [0.25, 0.3) is 11.1 Å². The van der Waals surface area contributed by atoms with Crippen LogP contribution in [-0.4, -0.2) is 24.6 Å². The number of ether oxygens (including phenoxy) is 1. The summed E-state index contributed by atoms with van der Waals surface area (Å²) in [6.45, 7) is 1.62. The fraction of sp³-hybridized carbons (Fsp3) is 0.480. The van der Waals surface area contributed by atoms with Crippen molar-refractivity contribution in [3.05, 3.63) is 54.1 Å². The number of carbonyl (C=O) groups excluding carboxylic acids is 1. The van der Waals surface area contributed by atoms with Gasteiger partial charge >= 0.3 is 0 Å². The zero-order valence-electron chi connectivity index (χ0n) is 16.7. The predicted octanol–water partition coefficient (Wildman–Crippen LogP) is 4.00. The maximum absolute atomic E-state index is 11.4. The molecule has 2 aromatic carbocycles. The molecule has 4 fully saturated rings. The first kappa shape index (κ1) is 17.5. The first-order valence-corrected chi connectivity index (χ1v) is 11.0. The molecule has 6 rings (SSSR count). The maximum atomic E-state index is 11.4. The Bertz CT molecular complexity index is 951. The summed E-state index contributed by atoms with van der Waals surface area (Å²) < 4.78 is 5.99. The molecular weight excluding hydrogens is 360 g/mol. The fourth-order valence-electron chi connectivity index (χ4n) is 7.36. The van der Waals surface area contributed by atoms with Crippen molar-refractivity contribution in [2.24, 2.45) is 28.9 Å². The van der Waals surface area contributed by atoms with Gasteiger partial charge in [0, 0.05) is 17.6 Å². The van der Waals surface area contributed by atoms with Crippen LogP contribution >= 0.6 is 0 Å². The standard InChI is InChI=1S/C25H28N2O2/c26-23(28)18-3-1-2-17(10-18)16-4-6-22(7-5-16)29-9-8-27-24-13-20-11-19-12-21(14-24)25(19,20)15-24/h1-7,10,19-21,27H,8-9,11-15H2,(H2,26,28). The molecule has 0 aromatic heterocycles. The van der Waals surface area contributed by atoms with Gasteiger partial charge in [-0.1, -0.05) is 24.3 Å². The summed E-state index contributed by atoms with van der Waals surface area (Å²) in [6.07, 6.45) is 7.24. The third-order valence-electron chi connectivity index (χ3n) is 8.54. The molecule has 2 atom stereocenters. The van der Waals surface area contributed by atoms with E-state index >= 15 is 0 Å². The molecule has 0 heterocycles. The van der Waals surface area contributed by atoms with Gasteiger partial charge in [-0.2, -0.15) is 0 Å². The van der Waals surface area contributed by atoms with Gasteiger partial charge in [0.2, 0.25) is 5.91 Å². The van der Waals surface area contributed by atoms with Crippen molar-refractivity contribution in [2.75, 3.05) is 13.2 Å². The molecule has 4 nitrogen and oxygen atoms in total. The highest BCUT2D eigenvalue weighted by Gasteiger charge is 2.77. The Labute approximate surface area is 171 Å². The topological polar surface area (TPSA) is 64.4 Å². The lowest BCUT2D eigenvalue weighted by Gasteiger charge is -2.66. The van der Waals surface area contributed by atoms with Crippen LogP contribution in [0, 0.1) is 23.2 Å². The van der Waals surface area contributed by atoms with Crippen molar-refractivity contribution >= 4 is 5.91 Å². The summed E-state index contributed by atoms with van der Waals surface area (Å²) in [7, 11) is 0. The van der Waals surface area contributed by atoms with Crippen molar-refractivity contribution < 1.29 is 9.53 Å². The Balaban J connectivity index is 1.04. The molecule has 4 saturated carbocycles. The van der Waals surface area contributed by atoms with E-state index in [-0.39, 0.29) is 0 Å². The zero-order chi connectivity index (χ0) is 19.6. The average Bonchev–Trinajstić information content (AvgIpc) is 3.19. The molecule has 29 heavy (non-hydrogen) atoms. The van der Waals surface area contributed by atoms with Gasteiger partial charge in [0.15, 0.2) is 0 Å². The Kier molecular flexibility index (Phi) is 3.68. The van der Waals surface area contributed by atoms with Gasteiger partial charge in [-0.15, -0.1) is 0 Å². The molecule has 3 N–H and O–H groups in total. The molecule has 0 radical (unpaired) electrons. The highest BCUT2D eigenvalue weighted by atomic mass is 16.5. The second-order valence-electron chi connectivity index (χ2n) is 9.78. The largest absolute Gasteiger partial charge is 0.492 e. The maximum Gasteiger partial charge on any atom is 0.248 e. The molecule has 1 spiro atoms. The van der Waals surface area contributed by atoms with Crippen LogP contribution in [0.4, 0.5) is 0 Å². The van der Waals surface area contributed by atoms with Crippen molar-refractivity contribution in [1.82, 2.24) is 5.32 Å². The van der Waals surface area contributed by atoms with Crippen molar-refractivity contribution in [2.45, 2.75) is 37.6 Å². The minimum Gasteiger partial charge on any atom is -0.492 e. The number of nitrogens with two attached hydrogens (primary N) is 1. The molecule has 150 valence electrons. The summed E-state index contributed by atoms with van der Waals surface area (Å²) in [5.41, 5.74) is 9.13. The van der Waals surface area contributed by atoms with E-state index < -0.39 is 5.91 Å². The molecule has 0 saturated heterocycles. The van der Waals surface area contributed by atoms with Gasteiger partial charge in [-0.05, 0) is 90.7 Å². The third kappa shape index (κ3) is 2.51. The number of hydrogen-bond donors (Lipinski definition) is 2. The summed E-state index contributed by atoms with van der Waals surface area (Å²) in [6, 6.07) is 15.5. The van der Waals surface area contributed by atoms with Crippen molar-refractivity contribution in [3.63, 3.8) is 0 Å². The summed E-state index contributed by atoms with van der Waals surface area (Å²) in [5, 5.41) is 3.89. The Morgan fingerprint density at radius 3 is 2.45 bits per heavy atom. The van der Waals surface area contributed by atoms with Gasteiger partial charge < -0.3 is 15.8 Å². The molecule has 4 aliphatic rings. The molecule has 0 aliphatic heterocycles. The van der Waals surface area contributed by atoms with Gasteiger partial charge in [-0.3, -0.25) is 4.79 Å². The highest BCUT2D eigenvalue weighted by molar-refractivity contribution is 5.94. The minimum atomic E-state index is -0.403. The molecular formula is C25H28N2O2. The number of fused-ring (bicyclic) bond motifs is 1. The van der Waals surface area contributed by atoms with Crippen LogP contribution in [0.2, 0.25) is 0 Å². The van der Waals surface area contributed by atoms with Gasteiger partial charge in [-0.25, -0.2) is 0 Å². The molecule has 2 unspecified atom stereocenters. The van der Waals surface area contributed by atoms with E-state index in [9.17, 15) is 4.79 Å². The van der Waals surface area contributed by atoms with Crippen LogP contribution in [0.5, 0.6) is 5.75 Å². The lowest BCUT2D eigenvalue weighted by molar-refractivity contribution is -0.175. The van der Waals surface area contributed by atoms with E-state index in [2.05, 4.69) is 5.32 Å². The van der Waals surface area contributed by atoms with Crippen molar-refractivity contribution in [3.8, 4) is 16.9 Å². The highest BCUT2D eigenvalue weighted by Crippen LogP contribution is 2.82. The van der Waals surface area contributed by atoms with E-state index in [4.69, 9.17) is 10.5 Å². The number of carbonyl (C=O) groups is 1. The van der Waals surface area contributed by atoms with Crippen molar-refractivity contribution in [1.29, 1.82) is 0 Å². The van der Waals surface area contributed by atoms with Gasteiger partial charge in [0.25, 0.3) is 0 Å². The van der Waals surface area contributed by atoms with E-state index in [0.29, 0.717) is 17.7 Å². The number of benzene rings is 2. The summed E-state index contributed by atoms with van der Waals surface area (Å²) in [4.78, 5) is 11.4. The van der Waals surface area contributed by atoms with E-state index in [1.165, 1.54) is 32.1 Å². The van der Waals surface area contributed by atoms with E-state index in [1.54, 1.807) is 6.07 Å². The normalized spacial score (nSPS) is 35.5. The Morgan fingerprint density at radius 2 is 1.79 bits per heavy atom. The first-order valence-electron chi connectivity index (χ1n) is 11.0. The average molecular weight is 389 g/mol. The monoisotopic (exact) mass is 388 g/mol. The van der Waals surface area contributed by atoms with E-state index in [0.717, 1.165) is 46.6 Å². The Morgan fingerprint density at radius 1 is 1.03 bits per heavy atom. The SMILES string of the molecule is NC(=O)c1cccc(-c2ccc(OCCNC34CC5CC6CC(C3)C65C4)cc2)c1. The minimum absolute atomic E-state index is 0.403. The molecule has 2 aromatic rings. The molecule has 2 bridgehead atoms. The quantitative estimate of drug-likeness (QED) is 0.705. The zero-order valence-corrected chi connectivity index (χ0v) is 16.7. The van der Waals surface area contributed by atoms with Gasteiger partial charge in [0.05, 0.1) is 0 Å². The van der Waals surface area contributed by atoms with Crippen LogP contribution in [-0.2, 0) is 0 Å². The Hall–Kier alpha value is -2.33. The van der Waals surface area contributed by atoms with Crippen LogP contribution in [0.3, 0.4) is 0 Å².